The molecule has 0 bridgehead atoms. The van der Waals surface area contributed by atoms with Crippen LogP contribution < -0.4 is 4.74 Å². The Hall–Kier alpha value is -2.53. The third-order valence-electron chi connectivity index (χ3n) is 3.92. The van der Waals surface area contributed by atoms with E-state index in [0.717, 1.165) is 15.0 Å². The number of rotatable bonds is 8. The first kappa shape index (κ1) is 26.7. The molecule has 7 nitrogen and oxygen atoms in total. The number of carbonyl (C=O) groups is 2. The van der Waals surface area contributed by atoms with Gasteiger partial charge < -0.3 is 14.2 Å². The molecule has 33 heavy (non-hydrogen) atoms. The number of alkyl halides is 1. The highest BCUT2D eigenvalue weighted by Crippen LogP contribution is 2.15. The number of hydrogen-bond donors (Lipinski definition) is 0. The normalized spacial score (nSPS) is 9.94. The lowest BCUT2D eigenvalue weighted by atomic mass is 10.3. The zero-order valence-corrected chi connectivity index (χ0v) is 22.0. The molecule has 3 aromatic rings. The molecule has 0 N–H and O–H groups in total. The van der Waals surface area contributed by atoms with Gasteiger partial charge in [0.1, 0.15) is 23.7 Å². The van der Waals surface area contributed by atoms with Gasteiger partial charge in [-0.3, -0.25) is 0 Å². The molecule has 1 aromatic carbocycles. The quantitative estimate of drug-likeness (QED) is 0.183. The summed E-state index contributed by atoms with van der Waals surface area (Å²) in [6.07, 6.45) is 0. The molecule has 0 saturated heterocycles. The smallest absolute Gasteiger partial charge is 0.356 e. The Morgan fingerprint density at radius 3 is 1.85 bits per heavy atom. The number of carbonyl (C=O) groups excluding carboxylic acids is 2. The van der Waals surface area contributed by atoms with Crippen LogP contribution in [0.4, 0.5) is 0 Å². The Morgan fingerprint density at radius 2 is 1.33 bits per heavy atom. The molecular weight excluding hydrogens is 603 g/mol. The van der Waals surface area contributed by atoms with Gasteiger partial charge in [0.2, 0.25) is 0 Å². The zero-order chi connectivity index (χ0) is 24.1. The van der Waals surface area contributed by atoms with Gasteiger partial charge in [-0.15, -0.1) is 0 Å². The molecule has 0 aliphatic rings. The molecule has 3 rings (SSSR count). The minimum Gasteiger partial charge on any atom is -0.487 e. The first-order chi connectivity index (χ1) is 16.0. The maximum Gasteiger partial charge on any atom is 0.356 e. The zero-order valence-electron chi connectivity index (χ0n) is 18.3. The molecule has 174 valence electrons. The first-order valence-corrected chi connectivity index (χ1v) is 12.4. The van der Waals surface area contributed by atoms with Gasteiger partial charge in [-0.25, -0.2) is 19.6 Å². The lowest BCUT2D eigenvalue weighted by molar-refractivity contribution is 0.0509. The maximum absolute atomic E-state index is 11.6. The minimum absolute atomic E-state index is 0.301. The van der Waals surface area contributed by atoms with Gasteiger partial charge in [0.05, 0.1) is 24.6 Å². The van der Waals surface area contributed by atoms with Gasteiger partial charge in [-0.05, 0) is 85.0 Å². The molecule has 0 aliphatic carbocycles. The Morgan fingerprint density at radius 1 is 0.818 bits per heavy atom. The SMILES string of the molecule is CCOC(=O)c1cccc(CBr)n1.CCOC(=O)c1cccc(COc2ccc(I)cc2)n1. The summed E-state index contributed by atoms with van der Waals surface area (Å²) >= 11 is 5.50. The number of benzene rings is 1. The molecule has 9 heteroatoms. The highest BCUT2D eigenvalue weighted by atomic mass is 127. The van der Waals surface area contributed by atoms with Crippen molar-refractivity contribution in [2.24, 2.45) is 0 Å². The molecule has 0 fully saturated rings. The maximum atomic E-state index is 11.6. The molecule has 0 saturated carbocycles. The standard InChI is InChI=1S/C15H14INO3.C9H10BrNO2/c1-2-19-15(18)14-5-3-4-12(17-14)10-20-13-8-6-11(16)7-9-13;1-2-13-9(12)8-5-3-4-7(6-10)11-8/h3-9H,2,10H2,1H3;3-5H,2,6H2,1H3. The molecule has 2 aromatic heterocycles. The van der Waals surface area contributed by atoms with E-state index in [9.17, 15) is 9.59 Å². The molecule has 0 radical (unpaired) electrons. The average molecular weight is 627 g/mol. The van der Waals surface area contributed by atoms with Crippen LogP contribution in [0.25, 0.3) is 0 Å². The Bertz CT molecular complexity index is 1050. The molecule has 0 unspecified atom stereocenters. The summed E-state index contributed by atoms with van der Waals surface area (Å²) in [6, 6.07) is 18.2. The number of aromatic nitrogens is 2. The summed E-state index contributed by atoms with van der Waals surface area (Å²) < 4.78 is 16.5. The number of pyridine rings is 2. The van der Waals surface area contributed by atoms with Gasteiger partial charge in [0, 0.05) is 8.90 Å². The van der Waals surface area contributed by atoms with Crippen LogP contribution in [0.2, 0.25) is 0 Å². The summed E-state index contributed by atoms with van der Waals surface area (Å²) in [6.45, 7) is 4.56. The van der Waals surface area contributed by atoms with Crippen LogP contribution in [0, 0.1) is 3.57 Å². The fourth-order valence-electron chi connectivity index (χ4n) is 2.44. The summed E-state index contributed by atoms with van der Waals surface area (Å²) in [5.74, 6) is -0.0114. The predicted octanol–water partition coefficient (Wildman–Crippen LogP) is 5.60. The highest BCUT2D eigenvalue weighted by molar-refractivity contribution is 14.1. The van der Waals surface area contributed by atoms with Gasteiger partial charge in [0.25, 0.3) is 0 Å². The van der Waals surface area contributed by atoms with Crippen molar-refractivity contribution in [1.29, 1.82) is 0 Å². The largest absolute Gasteiger partial charge is 0.487 e. The van der Waals surface area contributed by atoms with Gasteiger partial charge in [-0.2, -0.15) is 0 Å². The van der Waals surface area contributed by atoms with Crippen LogP contribution in [0.15, 0.2) is 60.7 Å². The molecular formula is C24H24BrIN2O5. The summed E-state index contributed by atoms with van der Waals surface area (Å²) in [5, 5.41) is 0.639. The van der Waals surface area contributed by atoms with E-state index in [0.29, 0.717) is 42.2 Å². The molecule has 0 amide bonds. The van der Waals surface area contributed by atoms with Crippen LogP contribution in [0.5, 0.6) is 5.75 Å². The third kappa shape index (κ3) is 9.47. The highest BCUT2D eigenvalue weighted by Gasteiger charge is 2.09. The molecule has 2 heterocycles. The van der Waals surface area contributed by atoms with Crippen LogP contribution in [0.3, 0.4) is 0 Å². The van der Waals surface area contributed by atoms with Gasteiger partial charge in [-0.1, -0.05) is 28.1 Å². The number of esters is 2. The number of ether oxygens (including phenoxy) is 3. The van der Waals surface area contributed by atoms with Crippen molar-refractivity contribution in [1.82, 2.24) is 9.97 Å². The van der Waals surface area contributed by atoms with E-state index in [1.807, 2.05) is 36.4 Å². The van der Waals surface area contributed by atoms with E-state index >= 15 is 0 Å². The van der Waals surface area contributed by atoms with E-state index in [1.54, 1.807) is 38.1 Å². The third-order valence-corrected chi connectivity index (χ3v) is 5.21. The van der Waals surface area contributed by atoms with Crippen molar-refractivity contribution >= 4 is 50.5 Å². The van der Waals surface area contributed by atoms with Crippen LogP contribution in [0.1, 0.15) is 46.2 Å². The Labute approximate surface area is 215 Å². The van der Waals surface area contributed by atoms with Crippen LogP contribution >= 0.6 is 38.5 Å². The Kier molecular flexibility index (Phi) is 11.8. The van der Waals surface area contributed by atoms with Crippen molar-refractivity contribution in [3.8, 4) is 5.75 Å². The van der Waals surface area contributed by atoms with Gasteiger partial charge in [0.15, 0.2) is 0 Å². The fraction of sp³-hybridized carbons (Fsp3) is 0.250. The van der Waals surface area contributed by atoms with E-state index in [-0.39, 0.29) is 5.97 Å². The molecule has 0 aliphatic heterocycles. The molecule has 0 spiro atoms. The fourth-order valence-corrected chi connectivity index (χ4v) is 3.11. The lowest BCUT2D eigenvalue weighted by Crippen LogP contribution is -2.09. The minimum atomic E-state index is -0.413. The second kappa shape index (κ2) is 14.6. The summed E-state index contributed by atoms with van der Waals surface area (Å²) in [5.41, 5.74) is 2.18. The van der Waals surface area contributed by atoms with Crippen molar-refractivity contribution in [2.45, 2.75) is 25.8 Å². The van der Waals surface area contributed by atoms with Crippen LogP contribution in [-0.2, 0) is 21.4 Å². The summed E-state index contributed by atoms with van der Waals surface area (Å²) in [7, 11) is 0. The van der Waals surface area contributed by atoms with Gasteiger partial charge >= 0.3 is 11.9 Å². The second-order valence-corrected chi connectivity index (χ2v) is 8.15. The van der Waals surface area contributed by atoms with Crippen molar-refractivity contribution < 1.29 is 23.8 Å². The number of nitrogens with zero attached hydrogens (tertiary/aromatic N) is 2. The topological polar surface area (TPSA) is 87.6 Å². The lowest BCUT2D eigenvalue weighted by Gasteiger charge is -2.07. The second-order valence-electron chi connectivity index (χ2n) is 6.35. The number of hydrogen-bond acceptors (Lipinski definition) is 7. The van der Waals surface area contributed by atoms with E-state index < -0.39 is 5.97 Å². The van der Waals surface area contributed by atoms with Crippen molar-refractivity contribution in [2.75, 3.05) is 13.2 Å². The first-order valence-electron chi connectivity index (χ1n) is 10.2. The Balaban J connectivity index is 0.000000257. The van der Waals surface area contributed by atoms with Crippen molar-refractivity contribution in [3.63, 3.8) is 0 Å². The van der Waals surface area contributed by atoms with E-state index in [2.05, 4.69) is 48.5 Å². The predicted molar refractivity (Wildman–Crippen MR) is 137 cm³/mol. The monoisotopic (exact) mass is 626 g/mol. The average Bonchev–Trinajstić information content (AvgIpc) is 2.84. The summed E-state index contributed by atoms with van der Waals surface area (Å²) in [4.78, 5) is 31.1. The van der Waals surface area contributed by atoms with Crippen molar-refractivity contribution in [3.05, 3.63) is 87.0 Å². The van der Waals surface area contributed by atoms with E-state index in [1.165, 1.54) is 0 Å². The molecule has 0 atom stereocenters. The number of halogens is 2. The van der Waals surface area contributed by atoms with E-state index in [4.69, 9.17) is 14.2 Å². The van der Waals surface area contributed by atoms with Crippen LogP contribution in [-0.4, -0.2) is 35.1 Å².